The molecule has 0 atom stereocenters. The summed E-state index contributed by atoms with van der Waals surface area (Å²) in [4.78, 5) is 20.9. The molecule has 2 aliphatic rings. The fraction of sp³-hybridized carbons (Fsp3) is 0.478. The van der Waals surface area contributed by atoms with E-state index in [1.165, 1.54) is 24.1 Å². The largest absolute Gasteiger partial charge is 0.372 e. The summed E-state index contributed by atoms with van der Waals surface area (Å²) in [5, 5.41) is 3.29. The lowest BCUT2D eigenvalue weighted by atomic mass is 9.99. The third-order valence-corrected chi connectivity index (χ3v) is 7.81. The molecule has 2 aromatic rings. The van der Waals surface area contributed by atoms with Crippen LogP contribution in [0.3, 0.4) is 0 Å². The molecule has 2 fully saturated rings. The lowest BCUT2D eigenvalue weighted by Crippen LogP contribution is -2.43. The molecular weight excluding hydrogens is 412 g/mol. The Morgan fingerprint density at radius 2 is 1.71 bits per heavy atom. The van der Waals surface area contributed by atoms with E-state index in [1.54, 1.807) is 23.2 Å². The van der Waals surface area contributed by atoms with Gasteiger partial charge in [-0.25, -0.2) is 13.4 Å². The third kappa shape index (κ3) is 5.55. The first-order chi connectivity index (χ1) is 14.9. The van der Waals surface area contributed by atoms with Gasteiger partial charge in [0.1, 0.15) is 5.82 Å². The molecular formula is C23H30N4O3S. The second-order valence-corrected chi connectivity index (χ2v) is 10.9. The number of amides is 1. The van der Waals surface area contributed by atoms with Gasteiger partial charge in [0.2, 0.25) is 0 Å². The maximum absolute atomic E-state index is 12.5. The Balaban J connectivity index is 1.29. The highest BCUT2D eigenvalue weighted by molar-refractivity contribution is 7.91. The normalized spacial score (nSPS) is 19.3. The van der Waals surface area contributed by atoms with Crippen LogP contribution in [0.1, 0.15) is 35.7 Å². The predicted molar refractivity (Wildman–Crippen MR) is 123 cm³/mol. The number of pyridine rings is 1. The molecule has 8 heteroatoms. The lowest BCUT2D eigenvalue weighted by Gasteiger charge is -2.32. The molecule has 1 N–H and O–H groups in total. The fourth-order valence-electron chi connectivity index (χ4n) is 4.01. The van der Waals surface area contributed by atoms with Crippen molar-refractivity contribution < 1.29 is 13.2 Å². The topological polar surface area (TPSA) is 82.6 Å². The minimum Gasteiger partial charge on any atom is -0.372 e. The average Bonchev–Trinajstić information content (AvgIpc) is 2.78. The first-order valence-corrected chi connectivity index (χ1v) is 12.8. The van der Waals surface area contributed by atoms with Gasteiger partial charge in [0.25, 0.3) is 5.91 Å². The zero-order valence-corrected chi connectivity index (χ0v) is 18.8. The number of rotatable bonds is 5. The van der Waals surface area contributed by atoms with Crippen molar-refractivity contribution in [3.63, 3.8) is 0 Å². The summed E-state index contributed by atoms with van der Waals surface area (Å²) in [7, 11) is -3.01. The van der Waals surface area contributed by atoms with E-state index in [4.69, 9.17) is 0 Å². The number of carbonyl (C=O) groups is 1. The van der Waals surface area contributed by atoms with Gasteiger partial charge in [-0.2, -0.15) is 0 Å². The van der Waals surface area contributed by atoms with Crippen LogP contribution < -0.4 is 10.2 Å². The van der Waals surface area contributed by atoms with Gasteiger partial charge in [-0.1, -0.05) is 19.1 Å². The summed E-state index contributed by atoms with van der Waals surface area (Å²) in [6.45, 7) is 5.72. The minimum atomic E-state index is -3.01. The maximum atomic E-state index is 12.5. The molecule has 2 saturated heterocycles. The molecule has 0 radical (unpaired) electrons. The van der Waals surface area contributed by atoms with E-state index in [2.05, 4.69) is 46.4 Å². The standard InChI is InChI=1S/C23H30N4O3S/c1-18-8-10-26(11-9-18)21-5-2-19(3-6-21)16-24-22-7-4-20(17-25-22)23(28)27-12-14-31(29,30)15-13-27/h2-7,17-18H,8-16H2,1H3,(H,24,25). The second kappa shape index (κ2) is 9.26. The van der Waals surface area contributed by atoms with Crippen LogP contribution in [0.2, 0.25) is 0 Å². The van der Waals surface area contributed by atoms with Gasteiger partial charge < -0.3 is 15.1 Å². The number of nitrogens with one attached hydrogen (secondary N) is 1. The van der Waals surface area contributed by atoms with E-state index in [1.807, 2.05) is 0 Å². The number of sulfone groups is 1. The van der Waals surface area contributed by atoms with E-state index in [0.29, 0.717) is 17.9 Å². The monoisotopic (exact) mass is 442 g/mol. The summed E-state index contributed by atoms with van der Waals surface area (Å²) in [6, 6.07) is 12.2. The summed E-state index contributed by atoms with van der Waals surface area (Å²) in [6.07, 6.45) is 4.06. The van der Waals surface area contributed by atoms with Crippen molar-refractivity contribution in [3.8, 4) is 0 Å². The summed E-state index contributed by atoms with van der Waals surface area (Å²) in [5.74, 6) is 1.41. The molecule has 0 spiro atoms. The summed E-state index contributed by atoms with van der Waals surface area (Å²) >= 11 is 0. The van der Waals surface area contributed by atoms with Gasteiger partial charge in [0.05, 0.1) is 17.1 Å². The van der Waals surface area contributed by atoms with Crippen LogP contribution in [-0.2, 0) is 16.4 Å². The number of anilines is 2. The molecule has 1 aromatic carbocycles. The molecule has 2 aliphatic heterocycles. The number of carbonyl (C=O) groups excluding carboxylic acids is 1. The van der Waals surface area contributed by atoms with Gasteiger partial charge in [-0.3, -0.25) is 4.79 Å². The van der Waals surface area contributed by atoms with Crippen LogP contribution in [0.5, 0.6) is 0 Å². The average molecular weight is 443 g/mol. The van der Waals surface area contributed by atoms with E-state index in [-0.39, 0.29) is 30.5 Å². The van der Waals surface area contributed by atoms with Crippen LogP contribution in [-0.4, -0.2) is 61.9 Å². The van der Waals surface area contributed by atoms with Crippen molar-refractivity contribution in [2.45, 2.75) is 26.3 Å². The number of hydrogen-bond acceptors (Lipinski definition) is 6. The Bertz CT molecular complexity index is 984. The van der Waals surface area contributed by atoms with Crippen molar-refractivity contribution in [1.29, 1.82) is 0 Å². The predicted octanol–water partition coefficient (Wildman–Crippen LogP) is 2.80. The molecule has 0 aliphatic carbocycles. The van der Waals surface area contributed by atoms with E-state index >= 15 is 0 Å². The molecule has 7 nitrogen and oxygen atoms in total. The van der Waals surface area contributed by atoms with Crippen molar-refractivity contribution >= 4 is 27.2 Å². The molecule has 1 aromatic heterocycles. The second-order valence-electron chi connectivity index (χ2n) is 8.57. The van der Waals surface area contributed by atoms with Gasteiger partial charge >= 0.3 is 0 Å². The van der Waals surface area contributed by atoms with Crippen molar-refractivity contribution in [1.82, 2.24) is 9.88 Å². The van der Waals surface area contributed by atoms with E-state index in [9.17, 15) is 13.2 Å². The third-order valence-electron chi connectivity index (χ3n) is 6.20. The van der Waals surface area contributed by atoms with Gasteiger partial charge in [-0.05, 0) is 48.6 Å². The van der Waals surface area contributed by atoms with Crippen LogP contribution in [0.15, 0.2) is 42.6 Å². The van der Waals surface area contributed by atoms with Crippen LogP contribution >= 0.6 is 0 Å². The Hall–Kier alpha value is -2.61. The van der Waals surface area contributed by atoms with Gasteiger partial charge in [0, 0.05) is 44.6 Å². The molecule has 4 rings (SSSR count). The smallest absolute Gasteiger partial charge is 0.255 e. The SMILES string of the molecule is CC1CCN(c2ccc(CNc3ccc(C(=O)N4CCS(=O)(=O)CC4)cn3)cc2)CC1. The van der Waals surface area contributed by atoms with Crippen LogP contribution in [0, 0.1) is 5.92 Å². The Kier molecular flexibility index (Phi) is 6.46. The van der Waals surface area contributed by atoms with Crippen molar-refractivity contribution in [3.05, 3.63) is 53.7 Å². The van der Waals surface area contributed by atoms with Crippen LogP contribution in [0.25, 0.3) is 0 Å². The zero-order valence-electron chi connectivity index (χ0n) is 18.0. The molecule has 0 saturated carbocycles. The van der Waals surface area contributed by atoms with Crippen molar-refractivity contribution in [2.24, 2.45) is 5.92 Å². The maximum Gasteiger partial charge on any atom is 0.255 e. The highest BCUT2D eigenvalue weighted by Gasteiger charge is 2.25. The number of benzene rings is 1. The summed E-state index contributed by atoms with van der Waals surface area (Å²) < 4.78 is 23.1. The number of aromatic nitrogens is 1. The molecule has 3 heterocycles. The Labute approximate surface area is 184 Å². The molecule has 166 valence electrons. The fourth-order valence-corrected chi connectivity index (χ4v) is 5.21. The molecule has 0 unspecified atom stereocenters. The summed E-state index contributed by atoms with van der Waals surface area (Å²) in [5.41, 5.74) is 2.93. The minimum absolute atomic E-state index is 0.0292. The van der Waals surface area contributed by atoms with Gasteiger partial charge in [0.15, 0.2) is 9.84 Å². The van der Waals surface area contributed by atoms with Crippen LogP contribution in [0.4, 0.5) is 11.5 Å². The lowest BCUT2D eigenvalue weighted by molar-refractivity contribution is 0.0770. The van der Waals surface area contributed by atoms with Gasteiger partial charge in [-0.15, -0.1) is 0 Å². The number of nitrogens with zero attached hydrogens (tertiary/aromatic N) is 3. The molecule has 1 amide bonds. The number of piperidine rings is 1. The Morgan fingerprint density at radius 3 is 2.32 bits per heavy atom. The molecule has 0 bridgehead atoms. The highest BCUT2D eigenvalue weighted by atomic mass is 32.2. The number of hydrogen-bond donors (Lipinski definition) is 1. The molecule has 31 heavy (non-hydrogen) atoms. The zero-order chi connectivity index (χ0) is 21.8. The van der Waals surface area contributed by atoms with E-state index < -0.39 is 9.84 Å². The first-order valence-electron chi connectivity index (χ1n) is 10.9. The quantitative estimate of drug-likeness (QED) is 0.767. The van der Waals surface area contributed by atoms with E-state index in [0.717, 1.165) is 19.0 Å². The van der Waals surface area contributed by atoms with Crippen molar-refractivity contribution in [2.75, 3.05) is 47.9 Å². The Morgan fingerprint density at radius 1 is 1.03 bits per heavy atom. The first kappa shape index (κ1) is 21.6. The highest BCUT2D eigenvalue weighted by Crippen LogP contribution is 2.23.